The number of hydrogen-bond acceptors (Lipinski definition) is 4. The molecule has 0 unspecified atom stereocenters. The molecule has 2 aromatic rings. The number of carbonyl (C=O) groups excluding carboxylic acids is 1. The van der Waals surface area contributed by atoms with Crippen molar-refractivity contribution in [1.82, 2.24) is 4.90 Å². The average molecular weight is 440 g/mol. The number of aliphatic hydroxyl groups is 1. The molecule has 0 radical (unpaired) electrons. The van der Waals surface area contributed by atoms with Crippen LogP contribution in [0, 0.1) is 17.3 Å². The molecule has 0 aliphatic carbocycles. The van der Waals surface area contributed by atoms with Gasteiger partial charge in [0.2, 0.25) is 0 Å². The topological polar surface area (TPSA) is 49.8 Å². The molecule has 0 saturated carbocycles. The van der Waals surface area contributed by atoms with Gasteiger partial charge in [0.05, 0.1) is 18.6 Å². The highest BCUT2D eigenvalue weighted by atomic mass is 35.5. The first-order chi connectivity index (χ1) is 15.0. The van der Waals surface area contributed by atoms with Crippen molar-refractivity contribution in [3.05, 3.63) is 70.2 Å². The highest BCUT2D eigenvalue weighted by Crippen LogP contribution is 2.37. The van der Waals surface area contributed by atoms with E-state index in [2.05, 4.69) is 28.9 Å². The Morgan fingerprint density at radius 3 is 2.35 bits per heavy atom. The van der Waals surface area contributed by atoms with Crippen LogP contribution in [0.3, 0.4) is 0 Å². The summed E-state index contributed by atoms with van der Waals surface area (Å²) < 4.78 is 5.48. The molecule has 0 atom stereocenters. The van der Waals surface area contributed by atoms with Gasteiger partial charge in [-0.15, -0.1) is 0 Å². The smallest absolute Gasteiger partial charge is 0.312 e. The van der Waals surface area contributed by atoms with E-state index in [1.54, 1.807) is 0 Å². The molecule has 1 N–H and O–H groups in total. The maximum atomic E-state index is 12.9. The van der Waals surface area contributed by atoms with Crippen molar-refractivity contribution in [3.8, 4) is 11.8 Å². The van der Waals surface area contributed by atoms with Crippen LogP contribution in [0.2, 0.25) is 5.02 Å². The van der Waals surface area contributed by atoms with Gasteiger partial charge in [0, 0.05) is 23.6 Å². The third-order valence-electron chi connectivity index (χ3n) is 5.81. The lowest BCUT2D eigenvalue weighted by Crippen LogP contribution is -2.46. The second-order valence-corrected chi connectivity index (χ2v) is 8.49. The lowest BCUT2D eigenvalue weighted by molar-refractivity contribution is -0.158. The van der Waals surface area contributed by atoms with Crippen molar-refractivity contribution < 1.29 is 14.6 Å². The number of benzene rings is 2. The van der Waals surface area contributed by atoms with Gasteiger partial charge in [0.25, 0.3) is 0 Å². The van der Waals surface area contributed by atoms with Gasteiger partial charge in [0.1, 0.15) is 0 Å². The number of piperidine rings is 1. The van der Waals surface area contributed by atoms with E-state index in [1.807, 2.05) is 43.3 Å². The Balaban J connectivity index is 1.63. The van der Waals surface area contributed by atoms with E-state index in [1.165, 1.54) is 5.56 Å². The van der Waals surface area contributed by atoms with Crippen LogP contribution in [0.1, 0.15) is 42.9 Å². The van der Waals surface area contributed by atoms with Gasteiger partial charge >= 0.3 is 5.97 Å². The van der Waals surface area contributed by atoms with Crippen LogP contribution < -0.4 is 0 Å². The molecular formula is C26H30ClNO3. The first kappa shape index (κ1) is 23.3. The van der Waals surface area contributed by atoms with Crippen molar-refractivity contribution in [1.29, 1.82) is 0 Å². The van der Waals surface area contributed by atoms with Gasteiger partial charge in [-0.1, -0.05) is 47.7 Å². The van der Waals surface area contributed by atoms with Crippen molar-refractivity contribution in [2.24, 2.45) is 5.41 Å². The van der Waals surface area contributed by atoms with Crippen LogP contribution in [0.4, 0.5) is 0 Å². The zero-order valence-corrected chi connectivity index (χ0v) is 18.8. The lowest BCUT2D eigenvalue weighted by atomic mass is 9.73. The number of esters is 1. The number of ether oxygens (including phenoxy) is 1. The molecule has 164 valence electrons. The summed E-state index contributed by atoms with van der Waals surface area (Å²) in [6, 6.07) is 16.0. The molecule has 0 bridgehead atoms. The SMILES string of the molecule is CCOC(=O)C1(Cc2ccc(Cl)cc2)CCN(Cc2ccc(C#CCCO)cc2)CC1. The Hall–Kier alpha value is -2.32. The highest BCUT2D eigenvalue weighted by molar-refractivity contribution is 6.30. The summed E-state index contributed by atoms with van der Waals surface area (Å²) >= 11 is 6.02. The lowest BCUT2D eigenvalue weighted by Gasteiger charge is -2.40. The molecule has 3 rings (SSSR count). The minimum atomic E-state index is -0.480. The van der Waals surface area contributed by atoms with Crippen LogP contribution >= 0.6 is 11.6 Å². The van der Waals surface area contributed by atoms with Gasteiger partial charge < -0.3 is 9.84 Å². The van der Waals surface area contributed by atoms with E-state index in [4.69, 9.17) is 21.4 Å². The second-order valence-electron chi connectivity index (χ2n) is 8.05. The van der Waals surface area contributed by atoms with Crippen LogP contribution in [0.15, 0.2) is 48.5 Å². The Morgan fingerprint density at radius 1 is 1.10 bits per heavy atom. The molecule has 1 saturated heterocycles. The quantitative estimate of drug-likeness (QED) is 0.511. The summed E-state index contributed by atoms with van der Waals surface area (Å²) in [6.07, 6.45) is 2.73. The number of aliphatic hydroxyl groups excluding tert-OH is 1. The van der Waals surface area contributed by atoms with Gasteiger partial charge in [-0.2, -0.15) is 0 Å². The zero-order valence-electron chi connectivity index (χ0n) is 18.1. The van der Waals surface area contributed by atoms with E-state index in [0.29, 0.717) is 24.5 Å². The minimum Gasteiger partial charge on any atom is -0.466 e. The summed E-state index contributed by atoms with van der Waals surface area (Å²) in [5, 5.41) is 9.53. The fourth-order valence-electron chi connectivity index (χ4n) is 4.04. The summed E-state index contributed by atoms with van der Waals surface area (Å²) in [5.41, 5.74) is 2.82. The molecule has 0 amide bonds. The van der Waals surface area contributed by atoms with Crippen molar-refractivity contribution in [2.75, 3.05) is 26.3 Å². The van der Waals surface area contributed by atoms with Gasteiger partial charge in [-0.25, -0.2) is 0 Å². The van der Waals surface area contributed by atoms with E-state index >= 15 is 0 Å². The van der Waals surface area contributed by atoms with Gasteiger partial charge in [-0.3, -0.25) is 9.69 Å². The molecule has 1 aliphatic heterocycles. The summed E-state index contributed by atoms with van der Waals surface area (Å²) in [6.45, 7) is 4.91. The summed E-state index contributed by atoms with van der Waals surface area (Å²) in [5.74, 6) is 5.91. The number of hydrogen-bond donors (Lipinski definition) is 1. The highest BCUT2D eigenvalue weighted by Gasteiger charge is 2.42. The van der Waals surface area contributed by atoms with Crippen LogP contribution in [0.5, 0.6) is 0 Å². The van der Waals surface area contributed by atoms with Crippen LogP contribution in [-0.4, -0.2) is 42.3 Å². The van der Waals surface area contributed by atoms with E-state index in [-0.39, 0.29) is 12.6 Å². The van der Waals surface area contributed by atoms with Gasteiger partial charge in [-0.05, 0) is 74.7 Å². The molecule has 4 nitrogen and oxygen atoms in total. The molecule has 0 aromatic heterocycles. The van der Waals surface area contributed by atoms with Crippen molar-refractivity contribution in [2.45, 2.75) is 39.2 Å². The molecule has 31 heavy (non-hydrogen) atoms. The van der Waals surface area contributed by atoms with Crippen LogP contribution in [-0.2, 0) is 22.5 Å². The number of rotatable bonds is 7. The van der Waals surface area contributed by atoms with E-state index < -0.39 is 5.41 Å². The number of nitrogens with zero attached hydrogens (tertiary/aromatic N) is 1. The number of likely N-dealkylation sites (tertiary alicyclic amines) is 1. The fraction of sp³-hybridized carbons (Fsp3) is 0.423. The molecule has 5 heteroatoms. The Morgan fingerprint density at radius 2 is 1.74 bits per heavy atom. The predicted molar refractivity (Wildman–Crippen MR) is 124 cm³/mol. The number of carbonyl (C=O) groups is 1. The monoisotopic (exact) mass is 439 g/mol. The summed E-state index contributed by atoms with van der Waals surface area (Å²) in [7, 11) is 0. The molecule has 1 heterocycles. The first-order valence-electron chi connectivity index (χ1n) is 10.9. The maximum absolute atomic E-state index is 12.9. The van der Waals surface area contributed by atoms with Gasteiger partial charge in [0.15, 0.2) is 0 Å². The predicted octanol–water partition coefficient (Wildman–Crippen LogP) is 4.46. The normalized spacial score (nSPS) is 15.7. The standard InChI is InChI=1S/C26H30ClNO3/c1-2-31-25(30)26(19-22-10-12-24(27)13-11-22)14-16-28(17-15-26)20-23-8-6-21(7-9-23)5-3-4-18-29/h6-13,29H,2,4,14-20H2,1H3. The molecule has 1 fully saturated rings. The van der Waals surface area contributed by atoms with Crippen LogP contribution in [0.25, 0.3) is 0 Å². The minimum absolute atomic E-state index is 0.0876. The van der Waals surface area contributed by atoms with Crippen molar-refractivity contribution in [3.63, 3.8) is 0 Å². The second kappa shape index (κ2) is 11.3. The molecular weight excluding hydrogens is 410 g/mol. The first-order valence-corrected chi connectivity index (χ1v) is 11.2. The maximum Gasteiger partial charge on any atom is 0.312 e. The fourth-order valence-corrected chi connectivity index (χ4v) is 4.17. The Labute approximate surface area is 190 Å². The average Bonchev–Trinajstić information content (AvgIpc) is 2.78. The third-order valence-corrected chi connectivity index (χ3v) is 6.06. The molecule has 1 aliphatic rings. The molecule has 0 spiro atoms. The number of halogens is 1. The third kappa shape index (κ3) is 6.58. The van der Waals surface area contributed by atoms with E-state index in [9.17, 15) is 4.79 Å². The Bertz CT molecular complexity index is 904. The Kier molecular flexibility index (Phi) is 8.54. The van der Waals surface area contributed by atoms with E-state index in [0.717, 1.165) is 43.6 Å². The zero-order chi connectivity index (χ0) is 22.1. The summed E-state index contributed by atoms with van der Waals surface area (Å²) in [4.78, 5) is 15.3. The molecule has 2 aromatic carbocycles. The largest absolute Gasteiger partial charge is 0.466 e. The van der Waals surface area contributed by atoms with Crippen molar-refractivity contribution >= 4 is 17.6 Å².